The molecule has 7 nitrogen and oxygen atoms in total. The quantitative estimate of drug-likeness (QED) is 0.826. The molecule has 0 fully saturated rings. The van der Waals surface area contributed by atoms with Gasteiger partial charge in [0, 0.05) is 25.4 Å². The molecule has 2 rings (SSSR count). The molecule has 0 aliphatic heterocycles. The largest absolute Gasteiger partial charge is 0.348 e. The van der Waals surface area contributed by atoms with Gasteiger partial charge in [-0.3, -0.25) is 14.3 Å². The number of amides is 1. The van der Waals surface area contributed by atoms with Crippen LogP contribution < -0.4 is 10.9 Å². The fraction of sp³-hybridized carbons (Fsp3) is 0.333. The van der Waals surface area contributed by atoms with Gasteiger partial charge in [0.2, 0.25) is 5.56 Å². The van der Waals surface area contributed by atoms with Crippen LogP contribution in [0.3, 0.4) is 0 Å². The molecule has 0 radical (unpaired) electrons. The van der Waals surface area contributed by atoms with E-state index in [0.717, 1.165) is 0 Å². The highest BCUT2D eigenvalue weighted by Gasteiger charge is 2.11. The second-order valence-corrected chi connectivity index (χ2v) is 4.36. The highest BCUT2D eigenvalue weighted by Crippen LogP contribution is 1.97. The summed E-state index contributed by atoms with van der Waals surface area (Å²) in [5.41, 5.74) is 0.305. The zero-order valence-electron chi connectivity index (χ0n) is 10.8. The van der Waals surface area contributed by atoms with Crippen LogP contribution in [-0.2, 0) is 13.6 Å². The van der Waals surface area contributed by atoms with Crippen LogP contribution in [0.2, 0.25) is 0 Å². The number of pyridine rings is 1. The third kappa shape index (κ3) is 3.27. The first-order valence-electron chi connectivity index (χ1n) is 5.86. The Kier molecular flexibility index (Phi) is 3.74. The molecule has 1 amide bonds. The highest BCUT2D eigenvalue weighted by molar-refractivity contribution is 5.94. The van der Waals surface area contributed by atoms with Crippen molar-refractivity contribution in [1.29, 1.82) is 0 Å². The fourth-order valence-corrected chi connectivity index (χ4v) is 1.69. The van der Waals surface area contributed by atoms with Crippen LogP contribution in [-0.4, -0.2) is 31.3 Å². The number of carbonyl (C=O) groups is 1. The maximum atomic E-state index is 12.0. The average Bonchev–Trinajstić information content (AvgIpc) is 2.85. The number of hydrogen-bond acceptors (Lipinski definition) is 4. The van der Waals surface area contributed by atoms with Crippen molar-refractivity contribution in [3.63, 3.8) is 0 Å². The van der Waals surface area contributed by atoms with Crippen molar-refractivity contribution >= 4 is 5.91 Å². The van der Waals surface area contributed by atoms with E-state index in [9.17, 15) is 9.59 Å². The summed E-state index contributed by atoms with van der Waals surface area (Å²) in [4.78, 5) is 27.1. The van der Waals surface area contributed by atoms with Gasteiger partial charge in [0.25, 0.3) is 5.91 Å². The minimum atomic E-state index is -0.219. The lowest BCUT2D eigenvalue weighted by molar-refractivity contribution is 0.0935. The van der Waals surface area contributed by atoms with Crippen LogP contribution in [0, 0.1) is 0 Å². The molecule has 0 saturated heterocycles. The summed E-state index contributed by atoms with van der Waals surface area (Å²) in [6, 6.07) is 2.79. The summed E-state index contributed by atoms with van der Waals surface area (Å²) in [6.07, 6.45) is 4.55. The SMILES string of the molecule is C[C@H](Cn1cncn1)NC(=O)c1ccc(=O)n(C)c1. The molecule has 7 heteroatoms. The molecule has 2 aromatic heterocycles. The lowest BCUT2D eigenvalue weighted by Gasteiger charge is -2.13. The number of hydrogen-bond donors (Lipinski definition) is 1. The molecule has 0 spiro atoms. The molecule has 2 heterocycles. The Balaban J connectivity index is 2.00. The molecule has 0 aliphatic carbocycles. The van der Waals surface area contributed by atoms with Gasteiger partial charge < -0.3 is 9.88 Å². The molecular formula is C12H15N5O2. The predicted octanol–water partition coefficient (Wildman–Crippen LogP) is -0.205. The van der Waals surface area contributed by atoms with E-state index in [-0.39, 0.29) is 17.5 Å². The third-order valence-electron chi connectivity index (χ3n) is 2.65. The summed E-state index contributed by atoms with van der Waals surface area (Å²) in [5.74, 6) is -0.219. The first-order chi connectivity index (χ1) is 9.06. The molecular weight excluding hydrogens is 246 g/mol. The van der Waals surface area contributed by atoms with E-state index in [4.69, 9.17) is 0 Å². The predicted molar refractivity (Wildman–Crippen MR) is 68.6 cm³/mol. The Labute approximate surface area is 109 Å². The van der Waals surface area contributed by atoms with Gasteiger partial charge >= 0.3 is 0 Å². The van der Waals surface area contributed by atoms with Gasteiger partial charge in [-0.15, -0.1) is 0 Å². The number of nitrogens with zero attached hydrogens (tertiary/aromatic N) is 4. The van der Waals surface area contributed by atoms with Gasteiger partial charge in [-0.2, -0.15) is 5.10 Å². The van der Waals surface area contributed by atoms with Gasteiger partial charge in [0.1, 0.15) is 12.7 Å². The standard InChI is InChI=1S/C12H15N5O2/c1-9(5-17-8-13-7-14-17)15-12(19)10-3-4-11(18)16(2)6-10/h3-4,6-9H,5H2,1-2H3,(H,15,19)/t9-/m1/s1. The van der Waals surface area contributed by atoms with Crippen molar-refractivity contribution < 1.29 is 4.79 Å². The number of carbonyl (C=O) groups excluding carboxylic acids is 1. The fourth-order valence-electron chi connectivity index (χ4n) is 1.69. The highest BCUT2D eigenvalue weighted by atomic mass is 16.2. The lowest BCUT2D eigenvalue weighted by Crippen LogP contribution is -2.36. The molecule has 1 N–H and O–H groups in total. The van der Waals surface area contributed by atoms with E-state index >= 15 is 0 Å². The summed E-state index contributed by atoms with van der Waals surface area (Å²) in [6.45, 7) is 2.42. The second-order valence-electron chi connectivity index (χ2n) is 4.36. The zero-order valence-corrected chi connectivity index (χ0v) is 10.8. The summed E-state index contributed by atoms with van der Waals surface area (Å²) >= 11 is 0. The molecule has 1 atom stereocenters. The molecule has 0 aliphatic rings. The Hall–Kier alpha value is -2.44. The van der Waals surface area contributed by atoms with E-state index in [1.54, 1.807) is 18.1 Å². The van der Waals surface area contributed by atoms with Crippen LogP contribution in [0.4, 0.5) is 0 Å². The lowest BCUT2D eigenvalue weighted by atomic mass is 10.2. The summed E-state index contributed by atoms with van der Waals surface area (Å²) in [7, 11) is 1.61. The topological polar surface area (TPSA) is 81.8 Å². The second kappa shape index (κ2) is 5.47. The van der Waals surface area contributed by atoms with Crippen molar-refractivity contribution in [2.75, 3.05) is 0 Å². The summed E-state index contributed by atoms with van der Waals surface area (Å²) < 4.78 is 3.02. The van der Waals surface area contributed by atoms with Crippen molar-refractivity contribution in [2.45, 2.75) is 19.5 Å². The van der Waals surface area contributed by atoms with E-state index in [1.807, 2.05) is 6.92 Å². The number of aromatic nitrogens is 4. The van der Waals surface area contributed by atoms with Crippen molar-refractivity contribution in [2.24, 2.45) is 7.05 Å². The minimum Gasteiger partial charge on any atom is -0.348 e. The van der Waals surface area contributed by atoms with Crippen LogP contribution in [0.5, 0.6) is 0 Å². The summed E-state index contributed by atoms with van der Waals surface area (Å²) in [5, 5.41) is 6.81. The minimum absolute atomic E-state index is 0.0913. The monoisotopic (exact) mass is 261 g/mol. The maximum Gasteiger partial charge on any atom is 0.253 e. The number of rotatable bonds is 4. The molecule has 2 aromatic rings. The van der Waals surface area contributed by atoms with Gasteiger partial charge in [-0.1, -0.05) is 0 Å². The van der Waals surface area contributed by atoms with E-state index < -0.39 is 0 Å². The normalized spacial score (nSPS) is 12.1. The van der Waals surface area contributed by atoms with E-state index in [2.05, 4.69) is 15.4 Å². The molecule has 0 unspecified atom stereocenters. The first-order valence-corrected chi connectivity index (χ1v) is 5.86. The van der Waals surface area contributed by atoms with E-state index in [0.29, 0.717) is 12.1 Å². The van der Waals surface area contributed by atoms with Crippen molar-refractivity contribution in [3.8, 4) is 0 Å². The van der Waals surface area contributed by atoms with Gasteiger partial charge in [-0.25, -0.2) is 4.98 Å². The first kappa shape index (κ1) is 13.0. The molecule has 0 aromatic carbocycles. The number of aryl methyl sites for hydroxylation is 1. The molecule has 0 saturated carbocycles. The van der Waals surface area contributed by atoms with Crippen LogP contribution in [0.25, 0.3) is 0 Å². The number of nitrogens with one attached hydrogen (secondary N) is 1. The van der Waals surface area contributed by atoms with Gasteiger partial charge in [0.05, 0.1) is 12.1 Å². The molecule has 100 valence electrons. The van der Waals surface area contributed by atoms with Crippen LogP contribution >= 0.6 is 0 Å². The zero-order chi connectivity index (χ0) is 13.8. The maximum absolute atomic E-state index is 12.0. The van der Waals surface area contributed by atoms with Gasteiger partial charge in [-0.05, 0) is 13.0 Å². The smallest absolute Gasteiger partial charge is 0.253 e. The Morgan fingerprint density at radius 3 is 2.89 bits per heavy atom. The third-order valence-corrected chi connectivity index (χ3v) is 2.65. The van der Waals surface area contributed by atoms with Gasteiger partial charge in [0.15, 0.2) is 0 Å². The van der Waals surface area contributed by atoms with Crippen LogP contribution in [0.1, 0.15) is 17.3 Å². The Morgan fingerprint density at radius 1 is 1.47 bits per heavy atom. The average molecular weight is 261 g/mol. The van der Waals surface area contributed by atoms with Crippen molar-refractivity contribution in [1.82, 2.24) is 24.6 Å². The van der Waals surface area contributed by atoms with Crippen LogP contribution in [0.15, 0.2) is 35.8 Å². The molecule has 0 bridgehead atoms. The van der Waals surface area contributed by atoms with E-state index in [1.165, 1.54) is 29.2 Å². The molecule has 19 heavy (non-hydrogen) atoms. The Bertz CT molecular complexity index is 617. The van der Waals surface area contributed by atoms with Crippen molar-refractivity contribution in [3.05, 3.63) is 46.9 Å². The Morgan fingerprint density at radius 2 is 2.26 bits per heavy atom.